The number of sulfone groups is 1. The van der Waals surface area contributed by atoms with Crippen LogP contribution in [-0.2, 0) is 9.84 Å². The molecule has 1 unspecified atom stereocenters. The lowest BCUT2D eigenvalue weighted by Crippen LogP contribution is -2.47. The maximum Gasteiger partial charge on any atom is 0.154 e. The molecule has 1 aliphatic heterocycles. The summed E-state index contributed by atoms with van der Waals surface area (Å²) in [6.07, 6.45) is 0. The van der Waals surface area contributed by atoms with Crippen LogP contribution in [-0.4, -0.2) is 32.5 Å². The second kappa shape index (κ2) is 4.38. The van der Waals surface area contributed by atoms with Crippen LogP contribution in [0.1, 0.15) is 6.92 Å². The van der Waals surface area contributed by atoms with Crippen molar-refractivity contribution in [3.8, 4) is 0 Å². The highest BCUT2D eigenvalue weighted by molar-refractivity contribution is 7.91. The van der Waals surface area contributed by atoms with Crippen LogP contribution in [0.25, 0.3) is 0 Å². The SMILES string of the molecule is CC1CS(=O)(=O)CCN1c1cc(F)cc(F)c1N. The van der Waals surface area contributed by atoms with Crippen molar-refractivity contribution >= 4 is 21.2 Å². The van der Waals surface area contributed by atoms with Crippen molar-refractivity contribution in [2.75, 3.05) is 28.7 Å². The Morgan fingerprint density at radius 1 is 1.39 bits per heavy atom. The number of hydrogen-bond acceptors (Lipinski definition) is 4. The Balaban J connectivity index is 2.38. The molecular weight excluding hydrogens is 262 g/mol. The van der Waals surface area contributed by atoms with E-state index in [0.29, 0.717) is 6.07 Å². The molecular formula is C11H14F2N2O2S. The summed E-state index contributed by atoms with van der Waals surface area (Å²) in [6.45, 7) is 1.88. The Bertz CT molecular complexity index is 575. The molecule has 0 radical (unpaired) electrons. The molecule has 1 aromatic carbocycles. The van der Waals surface area contributed by atoms with Gasteiger partial charge in [0, 0.05) is 18.7 Å². The molecule has 1 heterocycles. The molecule has 1 saturated heterocycles. The molecule has 4 nitrogen and oxygen atoms in total. The van der Waals surface area contributed by atoms with Crippen LogP contribution < -0.4 is 10.6 Å². The molecule has 0 spiro atoms. The second-order valence-corrected chi connectivity index (χ2v) is 6.71. The largest absolute Gasteiger partial charge is 0.395 e. The molecule has 100 valence electrons. The fraction of sp³-hybridized carbons (Fsp3) is 0.455. The first-order valence-electron chi connectivity index (χ1n) is 5.52. The summed E-state index contributed by atoms with van der Waals surface area (Å²) in [4.78, 5) is 1.63. The van der Waals surface area contributed by atoms with Gasteiger partial charge in [-0.2, -0.15) is 0 Å². The monoisotopic (exact) mass is 276 g/mol. The summed E-state index contributed by atoms with van der Waals surface area (Å²) in [7, 11) is -3.08. The van der Waals surface area contributed by atoms with Gasteiger partial charge in [0.2, 0.25) is 0 Å². The van der Waals surface area contributed by atoms with Crippen molar-refractivity contribution in [2.24, 2.45) is 0 Å². The van der Waals surface area contributed by atoms with Crippen molar-refractivity contribution in [3.05, 3.63) is 23.8 Å². The highest BCUT2D eigenvalue weighted by atomic mass is 32.2. The van der Waals surface area contributed by atoms with Crippen LogP contribution in [0.3, 0.4) is 0 Å². The predicted molar refractivity (Wildman–Crippen MR) is 66.2 cm³/mol. The van der Waals surface area contributed by atoms with E-state index in [1.807, 2.05) is 0 Å². The van der Waals surface area contributed by atoms with E-state index in [9.17, 15) is 17.2 Å². The standard InChI is InChI=1S/C11H14F2N2O2S/c1-7-6-18(16,17)3-2-15(7)10-5-8(12)4-9(13)11(10)14/h4-5,7H,2-3,6,14H2,1H3. The molecule has 1 aromatic rings. The first kappa shape index (κ1) is 13.1. The number of nitrogen functional groups attached to an aromatic ring is 1. The number of nitrogens with zero attached hydrogens (tertiary/aromatic N) is 1. The van der Waals surface area contributed by atoms with Gasteiger partial charge in [0.1, 0.15) is 5.82 Å². The van der Waals surface area contributed by atoms with Crippen molar-refractivity contribution in [2.45, 2.75) is 13.0 Å². The normalized spacial score (nSPS) is 23.1. The average Bonchev–Trinajstić information content (AvgIpc) is 2.23. The van der Waals surface area contributed by atoms with Crippen molar-refractivity contribution in [3.63, 3.8) is 0 Å². The molecule has 0 saturated carbocycles. The zero-order valence-corrected chi connectivity index (χ0v) is 10.7. The van der Waals surface area contributed by atoms with E-state index in [1.165, 1.54) is 0 Å². The molecule has 2 rings (SSSR count). The third-order valence-corrected chi connectivity index (χ3v) is 4.85. The van der Waals surface area contributed by atoms with Gasteiger partial charge in [-0.1, -0.05) is 0 Å². The summed E-state index contributed by atoms with van der Waals surface area (Å²) >= 11 is 0. The topological polar surface area (TPSA) is 63.4 Å². The highest BCUT2D eigenvalue weighted by Gasteiger charge is 2.30. The molecule has 1 atom stereocenters. The van der Waals surface area contributed by atoms with Gasteiger partial charge in [0.25, 0.3) is 0 Å². The van der Waals surface area contributed by atoms with Crippen LogP contribution in [0.2, 0.25) is 0 Å². The summed E-state index contributed by atoms with van der Waals surface area (Å²) in [5.41, 5.74) is 5.65. The number of hydrogen-bond donors (Lipinski definition) is 1. The number of halogens is 2. The first-order chi connectivity index (χ1) is 8.30. The number of benzene rings is 1. The lowest BCUT2D eigenvalue weighted by atomic mass is 10.2. The summed E-state index contributed by atoms with van der Waals surface area (Å²) < 4.78 is 49.5. The number of rotatable bonds is 1. The molecule has 1 fully saturated rings. The van der Waals surface area contributed by atoms with Crippen LogP contribution in [0.15, 0.2) is 12.1 Å². The van der Waals surface area contributed by atoms with Gasteiger partial charge >= 0.3 is 0 Å². The maximum atomic E-state index is 13.4. The molecule has 0 amide bonds. The van der Waals surface area contributed by atoms with Crippen molar-refractivity contribution in [1.82, 2.24) is 0 Å². The Hall–Kier alpha value is -1.37. The van der Waals surface area contributed by atoms with Gasteiger partial charge in [-0.25, -0.2) is 17.2 Å². The average molecular weight is 276 g/mol. The van der Waals surface area contributed by atoms with Gasteiger partial charge in [-0.05, 0) is 13.0 Å². The smallest absolute Gasteiger partial charge is 0.154 e. The van der Waals surface area contributed by atoms with E-state index in [1.54, 1.807) is 11.8 Å². The summed E-state index contributed by atoms with van der Waals surface area (Å²) in [5, 5.41) is 0. The Morgan fingerprint density at radius 3 is 2.67 bits per heavy atom. The molecule has 18 heavy (non-hydrogen) atoms. The van der Waals surface area contributed by atoms with Gasteiger partial charge in [0.15, 0.2) is 15.7 Å². The fourth-order valence-corrected chi connectivity index (χ4v) is 3.72. The molecule has 2 N–H and O–H groups in total. The molecule has 0 aliphatic carbocycles. The summed E-state index contributed by atoms with van der Waals surface area (Å²) in [5.74, 6) is -1.62. The number of anilines is 2. The maximum absolute atomic E-state index is 13.4. The zero-order valence-electron chi connectivity index (χ0n) is 9.86. The lowest BCUT2D eigenvalue weighted by molar-refractivity contribution is 0.564. The highest BCUT2D eigenvalue weighted by Crippen LogP contribution is 2.30. The van der Waals surface area contributed by atoms with Gasteiger partial charge in [0.05, 0.1) is 22.9 Å². The third-order valence-electron chi connectivity index (χ3n) is 3.05. The minimum atomic E-state index is -3.08. The van der Waals surface area contributed by atoms with Gasteiger partial charge in [-0.3, -0.25) is 0 Å². The van der Waals surface area contributed by atoms with Crippen molar-refractivity contribution < 1.29 is 17.2 Å². The molecule has 0 bridgehead atoms. The van der Waals surface area contributed by atoms with E-state index >= 15 is 0 Å². The molecule has 7 heteroatoms. The zero-order chi connectivity index (χ0) is 13.5. The second-order valence-electron chi connectivity index (χ2n) is 4.48. The van der Waals surface area contributed by atoms with E-state index in [0.717, 1.165) is 6.07 Å². The van der Waals surface area contributed by atoms with E-state index in [2.05, 4.69) is 0 Å². The van der Waals surface area contributed by atoms with Crippen molar-refractivity contribution in [1.29, 1.82) is 0 Å². The fourth-order valence-electron chi connectivity index (χ4n) is 2.17. The lowest BCUT2D eigenvalue weighted by Gasteiger charge is -2.35. The minimum Gasteiger partial charge on any atom is -0.395 e. The predicted octanol–water partition coefficient (Wildman–Crippen LogP) is 1.17. The quantitative estimate of drug-likeness (QED) is 0.782. The Kier molecular flexibility index (Phi) is 3.18. The third kappa shape index (κ3) is 2.40. The van der Waals surface area contributed by atoms with Gasteiger partial charge < -0.3 is 10.6 Å². The van der Waals surface area contributed by atoms with Crippen LogP contribution >= 0.6 is 0 Å². The van der Waals surface area contributed by atoms with Crippen LogP contribution in [0.4, 0.5) is 20.2 Å². The van der Waals surface area contributed by atoms with Crippen LogP contribution in [0.5, 0.6) is 0 Å². The van der Waals surface area contributed by atoms with Crippen LogP contribution in [0, 0.1) is 11.6 Å². The number of nitrogens with two attached hydrogens (primary N) is 1. The van der Waals surface area contributed by atoms with E-state index in [4.69, 9.17) is 5.73 Å². The van der Waals surface area contributed by atoms with E-state index < -0.39 is 21.5 Å². The molecule has 0 aromatic heterocycles. The van der Waals surface area contributed by atoms with E-state index in [-0.39, 0.29) is 35.5 Å². The molecule has 1 aliphatic rings. The Morgan fingerprint density at radius 2 is 2.06 bits per heavy atom. The first-order valence-corrected chi connectivity index (χ1v) is 7.34. The minimum absolute atomic E-state index is 0.0328. The Labute approximate surface area is 104 Å². The summed E-state index contributed by atoms with van der Waals surface area (Å²) in [6, 6.07) is 1.49. The van der Waals surface area contributed by atoms with Gasteiger partial charge in [-0.15, -0.1) is 0 Å².